The second-order valence-electron chi connectivity index (χ2n) is 1.70. The fourth-order valence-electron chi connectivity index (χ4n) is 0.496. The second-order valence-corrected chi connectivity index (χ2v) is 1.70. The summed E-state index contributed by atoms with van der Waals surface area (Å²) in [5.41, 5.74) is 0. The average molecular weight is 102 g/mol. The maximum atomic E-state index is 4.84. The van der Waals surface area contributed by atoms with Crippen molar-refractivity contribution in [1.29, 1.82) is 0 Å². The highest BCUT2D eigenvalue weighted by Crippen LogP contribution is 1.91. The lowest BCUT2D eigenvalue weighted by molar-refractivity contribution is 0.335. The number of hydrogen-bond donors (Lipinski definition) is 0. The molecule has 0 saturated heterocycles. The summed E-state index contributed by atoms with van der Waals surface area (Å²) in [5.74, 6) is 0. The molecule has 0 saturated carbocycles. The van der Waals surface area contributed by atoms with Crippen LogP contribution in [-0.2, 0) is 4.65 Å². The Morgan fingerprint density at radius 3 is 2.71 bits per heavy atom. The summed E-state index contributed by atoms with van der Waals surface area (Å²) in [6.07, 6.45) is 3.80. The monoisotopic (exact) mass is 102 g/mol. The molecule has 0 heterocycles. The van der Waals surface area contributed by atoms with E-state index in [1.807, 2.05) is 0 Å². The molecule has 0 aliphatic rings. The molecule has 1 nitrogen and oxygen atoms in total. The van der Waals surface area contributed by atoms with E-state index < -0.39 is 0 Å². The predicted octanol–water partition coefficient (Wildman–Crippen LogP) is 0.987. The SMILES string of the molecule is BOCCCCC.[HH]. The van der Waals surface area contributed by atoms with E-state index in [-0.39, 0.29) is 1.43 Å². The zero-order chi connectivity index (χ0) is 5.54. The van der Waals surface area contributed by atoms with Gasteiger partial charge in [0.2, 0.25) is 0 Å². The molecule has 0 amide bonds. The Morgan fingerprint density at radius 1 is 1.57 bits per heavy atom. The zero-order valence-corrected chi connectivity index (χ0v) is 5.24. The zero-order valence-electron chi connectivity index (χ0n) is 5.24. The van der Waals surface area contributed by atoms with Crippen LogP contribution in [0.4, 0.5) is 0 Å². The van der Waals surface area contributed by atoms with Crippen molar-refractivity contribution in [3.05, 3.63) is 0 Å². The van der Waals surface area contributed by atoms with E-state index in [4.69, 9.17) is 4.65 Å². The standard InChI is InChI=1S/C5H13BO.H2/c1-2-3-4-5-7-6;/h2-6H2,1H3;1H. The summed E-state index contributed by atoms with van der Waals surface area (Å²) < 4.78 is 4.84. The molecule has 0 aliphatic heterocycles. The third-order valence-corrected chi connectivity index (χ3v) is 0.952. The smallest absolute Gasteiger partial charge is 0.257 e. The number of unbranched alkanes of at least 4 members (excludes halogenated alkanes) is 2. The van der Waals surface area contributed by atoms with Crippen molar-refractivity contribution in [3.63, 3.8) is 0 Å². The van der Waals surface area contributed by atoms with Crippen LogP contribution in [0.5, 0.6) is 0 Å². The van der Waals surface area contributed by atoms with Gasteiger partial charge in [-0.1, -0.05) is 19.8 Å². The fourth-order valence-corrected chi connectivity index (χ4v) is 0.496. The molecule has 0 rings (SSSR count). The van der Waals surface area contributed by atoms with Crippen LogP contribution in [0.15, 0.2) is 0 Å². The first-order valence-electron chi connectivity index (χ1n) is 2.90. The lowest BCUT2D eigenvalue weighted by Gasteiger charge is -1.93. The van der Waals surface area contributed by atoms with Gasteiger partial charge >= 0.3 is 0 Å². The topological polar surface area (TPSA) is 9.23 Å². The normalized spacial score (nSPS) is 9.29. The molecule has 2 heteroatoms. The van der Waals surface area contributed by atoms with Gasteiger partial charge in [0, 0.05) is 8.03 Å². The van der Waals surface area contributed by atoms with Crippen molar-refractivity contribution in [1.82, 2.24) is 0 Å². The van der Waals surface area contributed by atoms with Gasteiger partial charge in [-0.2, -0.15) is 0 Å². The van der Waals surface area contributed by atoms with Gasteiger partial charge in [0.15, 0.2) is 0 Å². The third-order valence-electron chi connectivity index (χ3n) is 0.952. The van der Waals surface area contributed by atoms with Gasteiger partial charge in [-0.15, -0.1) is 0 Å². The van der Waals surface area contributed by atoms with Gasteiger partial charge in [-0.3, -0.25) is 0 Å². The van der Waals surface area contributed by atoms with Crippen LogP contribution in [-0.4, -0.2) is 14.7 Å². The van der Waals surface area contributed by atoms with Crippen molar-refractivity contribution < 1.29 is 6.08 Å². The minimum Gasteiger partial charge on any atom is -0.444 e. The van der Waals surface area contributed by atoms with Crippen molar-refractivity contribution in [3.8, 4) is 0 Å². The summed E-state index contributed by atoms with van der Waals surface area (Å²) in [4.78, 5) is 0. The van der Waals surface area contributed by atoms with Crippen LogP contribution in [0.1, 0.15) is 27.6 Å². The van der Waals surface area contributed by atoms with Crippen molar-refractivity contribution in [2.75, 3.05) is 6.61 Å². The van der Waals surface area contributed by atoms with E-state index in [0.29, 0.717) is 0 Å². The molecule has 0 aromatic carbocycles. The molecule has 0 bridgehead atoms. The van der Waals surface area contributed by atoms with Gasteiger partial charge in [-0.25, -0.2) is 0 Å². The first kappa shape index (κ1) is 7.02. The van der Waals surface area contributed by atoms with Crippen LogP contribution in [0, 0.1) is 0 Å². The van der Waals surface area contributed by atoms with Gasteiger partial charge in [0.25, 0.3) is 8.05 Å². The molecule has 0 atom stereocenters. The van der Waals surface area contributed by atoms with Gasteiger partial charge in [0.1, 0.15) is 0 Å². The molecule has 44 valence electrons. The fraction of sp³-hybridized carbons (Fsp3) is 1.00. The van der Waals surface area contributed by atoms with E-state index in [2.05, 4.69) is 6.92 Å². The Morgan fingerprint density at radius 2 is 2.29 bits per heavy atom. The van der Waals surface area contributed by atoms with Gasteiger partial charge < -0.3 is 4.65 Å². The Hall–Kier alpha value is 0.0249. The van der Waals surface area contributed by atoms with Crippen LogP contribution >= 0.6 is 0 Å². The first-order chi connectivity index (χ1) is 3.41. The highest BCUT2D eigenvalue weighted by Gasteiger charge is 1.79. The summed E-state index contributed by atoms with van der Waals surface area (Å²) in [7, 11) is 1.75. The van der Waals surface area contributed by atoms with Crippen LogP contribution in [0.25, 0.3) is 0 Å². The van der Waals surface area contributed by atoms with Crippen molar-refractivity contribution >= 4 is 8.05 Å². The largest absolute Gasteiger partial charge is 0.444 e. The molecule has 0 spiro atoms. The lowest BCUT2D eigenvalue weighted by atomic mass is 10.3. The minimum absolute atomic E-state index is 0. The molecule has 0 aliphatic carbocycles. The highest BCUT2D eigenvalue weighted by molar-refractivity contribution is 5.97. The Bertz CT molecular complexity index is 31.6. The van der Waals surface area contributed by atoms with E-state index in [1.165, 1.54) is 19.3 Å². The predicted molar refractivity (Wildman–Crippen MR) is 36.1 cm³/mol. The van der Waals surface area contributed by atoms with Gasteiger partial charge in [-0.05, 0) is 6.42 Å². The van der Waals surface area contributed by atoms with Crippen molar-refractivity contribution in [2.24, 2.45) is 0 Å². The average Bonchev–Trinajstić information content (AvgIpc) is 1.69. The molecule has 0 fully saturated rings. The summed E-state index contributed by atoms with van der Waals surface area (Å²) in [5, 5.41) is 0. The minimum atomic E-state index is 0. The van der Waals surface area contributed by atoms with Gasteiger partial charge in [0.05, 0.1) is 0 Å². The molecule has 0 radical (unpaired) electrons. The molecular weight excluding hydrogens is 86.9 g/mol. The maximum Gasteiger partial charge on any atom is 0.257 e. The summed E-state index contributed by atoms with van der Waals surface area (Å²) in [6.45, 7) is 3.11. The number of hydrogen-bond acceptors (Lipinski definition) is 1. The summed E-state index contributed by atoms with van der Waals surface area (Å²) >= 11 is 0. The Labute approximate surface area is 48.0 Å². The Balaban J connectivity index is 0. The second kappa shape index (κ2) is 6.02. The third kappa shape index (κ3) is 6.02. The molecule has 0 aromatic heterocycles. The lowest BCUT2D eigenvalue weighted by Crippen LogP contribution is -1.87. The molecule has 0 unspecified atom stereocenters. The highest BCUT2D eigenvalue weighted by atomic mass is 16.4. The first-order valence-corrected chi connectivity index (χ1v) is 2.90. The van der Waals surface area contributed by atoms with E-state index in [0.717, 1.165) is 6.61 Å². The Kier molecular flexibility index (Phi) is 6.05. The van der Waals surface area contributed by atoms with E-state index >= 15 is 0 Å². The molecule has 7 heavy (non-hydrogen) atoms. The quantitative estimate of drug-likeness (QED) is 0.380. The van der Waals surface area contributed by atoms with Crippen LogP contribution < -0.4 is 0 Å². The maximum absolute atomic E-state index is 4.84. The molecular formula is C5H15BO. The number of rotatable bonds is 4. The summed E-state index contributed by atoms with van der Waals surface area (Å²) in [6, 6.07) is 0. The molecule has 0 N–H and O–H groups in total. The van der Waals surface area contributed by atoms with Crippen molar-refractivity contribution in [2.45, 2.75) is 26.2 Å². The van der Waals surface area contributed by atoms with Crippen LogP contribution in [0.3, 0.4) is 0 Å². The van der Waals surface area contributed by atoms with Crippen LogP contribution in [0.2, 0.25) is 0 Å². The van der Waals surface area contributed by atoms with E-state index in [9.17, 15) is 0 Å². The van der Waals surface area contributed by atoms with E-state index in [1.54, 1.807) is 8.05 Å². The molecule has 0 aromatic rings.